The molecule has 0 atom stereocenters. The number of guanidine groups is 1. The number of hydrogen-bond donors (Lipinski definition) is 1. The third-order valence-electron chi connectivity index (χ3n) is 4.63. The van der Waals surface area contributed by atoms with E-state index in [0.29, 0.717) is 11.3 Å². The zero-order chi connectivity index (χ0) is 15.8. The Morgan fingerprint density at radius 2 is 2.14 bits per heavy atom. The Morgan fingerprint density at radius 1 is 1.36 bits per heavy atom. The van der Waals surface area contributed by atoms with Gasteiger partial charge in [0, 0.05) is 53.1 Å². The van der Waals surface area contributed by atoms with Crippen LogP contribution in [0.5, 0.6) is 0 Å². The van der Waals surface area contributed by atoms with Gasteiger partial charge in [-0.3, -0.25) is 4.99 Å². The summed E-state index contributed by atoms with van der Waals surface area (Å²) in [5.41, 5.74) is 0.407. The normalized spacial score (nSPS) is 23.0. The lowest BCUT2D eigenvalue weighted by Gasteiger charge is -2.24. The van der Waals surface area contributed by atoms with Gasteiger partial charge in [-0.25, -0.2) is 0 Å². The van der Waals surface area contributed by atoms with Gasteiger partial charge in [0.15, 0.2) is 5.96 Å². The number of aliphatic imine (C=N–C) groups is 1. The lowest BCUT2D eigenvalue weighted by atomic mass is 9.93. The summed E-state index contributed by atoms with van der Waals surface area (Å²) in [5.74, 6) is 1.73. The zero-order valence-corrected chi connectivity index (χ0v) is 14.6. The molecule has 0 radical (unpaired) electrons. The van der Waals surface area contributed by atoms with Crippen LogP contribution in [0.2, 0.25) is 0 Å². The first kappa shape index (κ1) is 17.5. The van der Waals surface area contributed by atoms with E-state index in [4.69, 9.17) is 9.47 Å². The molecule has 2 rings (SSSR count). The topological polar surface area (TPSA) is 46.1 Å². The van der Waals surface area contributed by atoms with Crippen molar-refractivity contribution in [1.29, 1.82) is 0 Å². The summed E-state index contributed by atoms with van der Waals surface area (Å²) < 4.78 is 11.2. The van der Waals surface area contributed by atoms with Crippen molar-refractivity contribution in [3.63, 3.8) is 0 Å². The summed E-state index contributed by atoms with van der Waals surface area (Å²) in [6.07, 6.45) is 4.56. The Labute approximate surface area is 135 Å². The molecule has 0 unspecified atom stereocenters. The van der Waals surface area contributed by atoms with Gasteiger partial charge in [0.05, 0.1) is 0 Å². The van der Waals surface area contributed by atoms with Gasteiger partial charge in [0.25, 0.3) is 0 Å². The van der Waals surface area contributed by atoms with Crippen LogP contribution in [-0.4, -0.2) is 64.0 Å². The molecule has 2 heterocycles. The molecule has 0 aromatic carbocycles. The van der Waals surface area contributed by atoms with Crippen molar-refractivity contribution in [2.75, 3.05) is 53.1 Å². The van der Waals surface area contributed by atoms with E-state index in [1.165, 1.54) is 6.42 Å². The average molecular weight is 311 g/mol. The predicted molar refractivity (Wildman–Crippen MR) is 90.3 cm³/mol. The highest BCUT2D eigenvalue weighted by Gasteiger charge is 2.30. The minimum Gasteiger partial charge on any atom is -0.381 e. The summed E-state index contributed by atoms with van der Waals surface area (Å²) in [6.45, 7) is 11.3. The van der Waals surface area contributed by atoms with Crippen molar-refractivity contribution < 1.29 is 9.47 Å². The Balaban J connectivity index is 1.53. The van der Waals surface area contributed by atoms with Crippen molar-refractivity contribution >= 4 is 5.96 Å². The van der Waals surface area contributed by atoms with Crippen molar-refractivity contribution in [2.24, 2.45) is 16.3 Å². The number of ether oxygens (including phenoxy) is 2. The van der Waals surface area contributed by atoms with E-state index in [0.717, 1.165) is 71.3 Å². The van der Waals surface area contributed by atoms with Gasteiger partial charge >= 0.3 is 0 Å². The first-order valence-corrected chi connectivity index (χ1v) is 8.72. The van der Waals surface area contributed by atoms with Crippen molar-refractivity contribution in [1.82, 2.24) is 10.2 Å². The van der Waals surface area contributed by atoms with E-state index in [1.54, 1.807) is 0 Å². The highest BCUT2D eigenvalue weighted by molar-refractivity contribution is 5.80. The molecule has 22 heavy (non-hydrogen) atoms. The standard InChI is InChI=1S/C17H33N3O2/c1-17(2)7-9-20(14-17)16(18-3)19-8-4-10-22-13-15-5-11-21-12-6-15/h15H,4-14H2,1-3H3,(H,18,19). The third-order valence-corrected chi connectivity index (χ3v) is 4.63. The minimum absolute atomic E-state index is 0.407. The Hall–Kier alpha value is -0.810. The fourth-order valence-corrected chi connectivity index (χ4v) is 3.16. The van der Waals surface area contributed by atoms with Crippen LogP contribution in [0.1, 0.15) is 39.5 Å². The van der Waals surface area contributed by atoms with E-state index in [1.807, 2.05) is 7.05 Å². The van der Waals surface area contributed by atoms with Gasteiger partial charge in [0.2, 0.25) is 0 Å². The van der Waals surface area contributed by atoms with Crippen molar-refractivity contribution in [3.05, 3.63) is 0 Å². The molecule has 0 aliphatic carbocycles. The van der Waals surface area contributed by atoms with E-state index in [2.05, 4.69) is 29.1 Å². The fourth-order valence-electron chi connectivity index (χ4n) is 3.16. The molecule has 0 spiro atoms. The fraction of sp³-hybridized carbons (Fsp3) is 0.941. The van der Waals surface area contributed by atoms with Crippen LogP contribution in [0.15, 0.2) is 4.99 Å². The number of hydrogen-bond acceptors (Lipinski definition) is 3. The van der Waals surface area contributed by atoms with Crippen LogP contribution in [-0.2, 0) is 9.47 Å². The van der Waals surface area contributed by atoms with Crippen LogP contribution in [0.4, 0.5) is 0 Å². The molecule has 0 saturated carbocycles. The number of rotatable bonds is 6. The molecule has 2 fully saturated rings. The largest absolute Gasteiger partial charge is 0.381 e. The van der Waals surface area contributed by atoms with Crippen LogP contribution >= 0.6 is 0 Å². The molecule has 2 saturated heterocycles. The summed E-state index contributed by atoms with van der Waals surface area (Å²) >= 11 is 0. The smallest absolute Gasteiger partial charge is 0.193 e. The summed E-state index contributed by atoms with van der Waals surface area (Å²) in [6, 6.07) is 0. The summed E-state index contributed by atoms with van der Waals surface area (Å²) in [7, 11) is 1.87. The second-order valence-electron chi connectivity index (χ2n) is 7.29. The quantitative estimate of drug-likeness (QED) is 0.464. The Kier molecular flexibility index (Phi) is 6.96. The molecule has 5 nitrogen and oxygen atoms in total. The van der Waals surface area contributed by atoms with Gasteiger partial charge in [-0.05, 0) is 37.0 Å². The number of nitrogens with one attached hydrogen (secondary N) is 1. The van der Waals surface area contributed by atoms with Crippen LogP contribution in [0.3, 0.4) is 0 Å². The molecule has 0 aromatic rings. The molecular formula is C17H33N3O2. The van der Waals surface area contributed by atoms with E-state index >= 15 is 0 Å². The van der Waals surface area contributed by atoms with Crippen LogP contribution in [0.25, 0.3) is 0 Å². The molecule has 0 bridgehead atoms. The lowest BCUT2D eigenvalue weighted by Crippen LogP contribution is -2.41. The Bertz CT molecular complexity index is 352. The highest BCUT2D eigenvalue weighted by atomic mass is 16.5. The van der Waals surface area contributed by atoms with Crippen molar-refractivity contribution in [2.45, 2.75) is 39.5 Å². The summed E-state index contributed by atoms with van der Waals surface area (Å²) in [4.78, 5) is 6.77. The van der Waals surface area contributed by atoms with Gasteiger partial charge < -0.3 is 19.7 Å². The van der Waals surface area contributed by atoms with Crippen LogP contribution in [0, 0.1) is 11.3 Å². The van der Waals surface area contributed by atoms with E-state index < -0.39 is 0 Å². The zero-order valence-electron chi connectivity index (χ0n) is 14.6. The minimum atomic E-state index is 0.407. The molecule has 0 aromatic heterocycles. The maximum atomic E-state index is 5.80. The summed E-state index contributed by atoms with van der Waals surface area (Å²) in [5, 5.41) is 3.46. The molecule has 128 valence electrons. The average Bonchev–Trinajstić information content (AvgIpc) is 2.87. The second kappa shape index (κ2) is 8.73. The first-order chi connectivity index (χ1) is 10.6. The predicted octanol–water partition coefficient (Wildman–Crippen LogP) is 2.13. The molecule has 0 amide bonds. The van der Waals surface area contributed by atoms with Crippen LogP contribution < -0.4 is 5.32 Å². The lowest BCUT2D eigenvalue weighted by molar-refractivity contribution is 0.0203. The molecular weight excluding hydrogens is 278 g/mol. The number of likely N-dealkylation sites (tertiary alicyclic amines) is 1. The SMILES string of the molecule is CN=C(NCCCOCC1CCOCC1)N1CCC(C)(C)C1. The monoisotopic (exact) mass is 311 g/mol. The maximum Gasteiger partial charge on any atom is 0.193 e. The Morgan fingerprint density at radius 3 is 2.77 bits per heavy atom. The highest BCUT2D eigenvalue weighted by Crippen LogP contribution is 2.28. The van der Waals surface area contributed by atoms with Gasteiger partial charge in [-0.2, -0.15) is 0 Å². The van der Waals surface area contributed by atoms with Crippen molar-refractivity contribution in [3.8, 4) is 0 Å². The van der Waals surface area contributed by atoms with Gasteiger partial charge in [-0.15, -0.1) is 0 Å². The first-order valence-electron chi connectivity index (χ1n) is 8.72. The van der Waals surface area contributed by atoms with Gasteiger partial charge in [0.1, 0.15) is 0 Å². The third kappa shape index (κ3) is 5.76. The molecule has 1 N–H and O–H groups in total. The van der Waals surface area contributed by atoms with E-state index in [9.17, 15) is 0 Å². The molecule has 2 aliphatic rings. The maximum absolute atomic E-state index is 5.80. The van der Waals surface area contributed by atoms with Gasteiger partial charge in [-0.1, -0.05) is 13.8 Å². The molecule has 2 aliphatic heterocycles. The van der Waals surface area contributed by atoms with E-state index in [-0.39, 0.29) is 0 Å². The second-order valence-corrected chi connectivity index (χ2v) is 7.29. The number of nitrogens with zero attached hydrogens (tertiary/aromatic N) is 2. The molecule has 5 heteroatoms.